The summed E-state index contributed by atoms with van der Waals surface area (Å²) in [6.07, 6.45) is 1.96. The third-order valence-corrected chi connectivity index (χ3v) is 2.71. The van der Waals surface area contributed by atoms with Gasteiger partial charge in [0.1, 0.15) is 0 Å². The number of hydrogen-bond donors (Lipinski definition) is 2. The average Bonchev–Trinajstić information content (AvgIpc) is 2.30. The second-order valence-electron chi connectivity index (χ2n) is 4.06. The van der Waals surface area contributed by atoms with Crippen LogP contribution in [0, 0.1) is 0 Å². The monoisotopic (exact) mass is 230 g/mol. The topological polar surface area (TPSA) is 59.6 Å². The van der Waals surface area contributed by atoms with Gasteiger partial charge in [-0.15, -0.1) is 0 Å². The fourth-order valence-electron chi connectivity index (χ4n) is 1.72. The van der Waals surface area contributed by atoms with E-state index in [1.54, 1.807) is 7.11 Å². The summed E-state index contributed by atoms with van der Waals surface area (Å²) in [6.45, 7) is 4.58. The molecule has 5 heteroatoms. The van der Waals surface area contributed by atoms with Gasteiger partial charge < -0.3 is 20.1 Å². The summed E-state index contributed by atoms with van der Waals surface area (Å²) >= 11 is 0. The maximum Gasteiger partial charge on any atom is 0.236 e. The molecule has 0 bridgehead atoms. The molecule has 94 valence electrons. The highest BCUT2D eigenvalue weighted by atomic mass is 16.5. The highest BCUT2D eigenvalue weighted by Crippen LogP contribution is 2.06. The number of amides is 1. The van der Waals surface area contributed by atoms with Crippen LogP contribution in [0.2, 0.25) is 0 Å². The van der Waals surface area contributed by atoms with Crippen molar-refractivity contribution in [2.24, 2.45) is 0 Å². The van der Waals surface area contributed by atoms with E-state index in [0.717, 1.165) is 26.1 Å². The second-order valence-corrected chi connectivity index (χ2v) is 4.06. The minimum absolute atomic E-state index is 0.0311. The van der Waals surface area contributed by atoms with Gasteiger partial charge in [0.25, 0.3) is 0 Å². The van der Waals surface area contributed by atoms with E-state index in [0.29, 0.717) is 19.2 Å². The maximum absolute atomic E-state index is 11.6. The van der Waals surface area contributed by atoms with Crippen molar-refractivity contribution in [2.45, 2.75) is 31.8 Å². The van der Waals surface area contributed by atoms with Crippen molar-refractivity contribution in [3.05, 3.63) is 0 Å². The Morgan fingerprint density at radius 1 is 1.50 bits per heavy atom. The van der Waals surface area contributed by atoms with Crippen molar-refractivity contribution in [2.75, 3.05) is 33.5 Å². The molecule has 1 atom stereocenters. The molecule has 1 aliphatic heterocycles. The van der Waals surface area contributed by atoms with Gasteiger partial charge in [-0.3, -0.25) is 4.79 Å². The van der Waals surface area contributed by atoms with Crippen molar-refractivity contribution in [3.8, 4) is 0 Å². The molecule has 1 fully saturated rings. The molecule has 1 aliphatic rings. The van der Waals surface area contributed by atoms with E-state index in [2.05, 4.69) is 10.6 Å². The number of carbonyl (C=O) groups is 1. The number of ether oxygens (including phenoxy) is 2. The summed E-state index contributed by atoms with van der Waals surface area (Å²) in [7, 11) is 1.62. The van der Waals surface area contributed by atoms with Crippen LogP contribution < -0.4 is 10.6 Å². The van der Waals surface area contributed by atoms with E-state index in [1.165, 1.54) is 0 Å². The normalized spacial score (nSPS) is 19.4. The Morgan fingerprint density at radius 2 is 2.19 bits per heavy atom. The lowest BCUT2D eigenvalue weighted by molar-refractivity contribution is -0.123. The Labute approximate surface area is 96.9 Å². The fraction of sp³-hybridized carbons (Fsp3) is 0.909. The third kappa shape index (κ3) is 4.92. The van der Waals surface area contributed by atoms with Crippen molar-refractivity contribution in [1.29, 1.82) is 0 Å². The second kappa shape index (κ2) is 7.60. The van der Waals surface area contributed by atoms with E-state index in [1.807, 2.05) is 6.92 Å². The standard InChI is InChI=1S/C11H22N2O3/c1-9(11(14)12-5-8-15-2)13-10-3-6-16-7-4-10/h9-10,13H,3-8H2,1-2H3,(H,12,14). The van der Waals surface area contributed by atoms with Gasteiger partial charge in [0.15, 0.2) is 0 Å². The van der Waals surface area contributed by atoms with Gasteiger partial charge in [-0.1, -0.05) is 0 Å². The van der Waals surface area contributed by atoms with Gasteiger partial charge in [-0.25, -0.2) is 0 Å². The molecule has 0 aromatic heterocycles. The molecule has 1 saturated heterocycles. The summed E-state index contributed by atoms with van der Waals surface area (Å²) in [5.41, 5.74) is 0. The molecule has 16 heavy (non-hydrogen) atoms. The molecular formula is C11H22N2O3. The van der Waals surface area contributed by atoms with Crippen LogP contribution in [0.25, 0.3) is 0 Å². The molecule has 1 rings (SSSR count). The van der Waals surface area contributed by atoms with Crippen LogP contribution >= 0.6 is 0 Å². The van der Waals surface area contributed by atoms with Crippen LogP contribution in [0.3, 0.4) is 0 Å². The van der Waals surface area contributed by atoms with Crippen LogP contribution in [-0.4, -0.2) is 51.5 Å². The summed E-state index contributed by atoms with van der Waals surface area (Å²) in [5, 5.41) is 6.13. The van der Waals surface area contributed by atoms with Gasteiger partial charge in [-0.2, -0.15) is 0 Å². The Balaban J connectivity index is 2.16. The van der Waals surface area contributed by atoms with E-state index in [4.69, 9.17) is 9.47 Å². The van der Waals surface area contributed by atoms with Crippen LogP contribution in [0.4, 0.5) is 0 Å². The molecule has 0 aliphatic carbocycles. The SMILES string of the molecule is COCCNC(=O)C(C)NC1CCOCC1. The minimum atomic E-state index is -0.153. The number of rotatable bonds is 6. The summed E-state index contributed by atoms with van der Waals surface area (Å²) in [4.78, 5) is 11.6. The summed E-state index contributed by atoms with van der Waals surface area (Å²) < 4.78 is 10.1. The van der Waals surface area contributed by atoms with E-state index in [9.17, 15) is 4.79 Å². The largest absolute Gasteiger partial charge is 0.383 e. The van der Waals surface area contributed by atoms with Gasteiger partial charge in [0.05, 0.1) is 12.6 Å². The molecule has 0 aromatic rings. The first kappa shape index (κ1) is 13.4. The molecule has 5 nitrogen and oxygen atoms in total. The summed E-state index contributed by atoms with van der Waals surface area (Å²) in [6, 6.07) is 0.247. The minimum Gasteiger partial charge on any atom is -0.383 e. The maximum atomic E-state index is 11.6. The molecule has 0 aromatic carbocycles. The highest BCUT2D eigenvalue weighted by molar-refractivity contribution is 5.81. The van der Waals surface area contributed by atoms with Crippen LogP contribution in [0.15, 0.2) is 0 Å². The zero-order valence-electron chi connectivity index (χ0n) is 10.1. The predicted octanol–water partition coefficient (Wildman–Crippen LogP) is -0.0939. The first-order valence-electron chi connectivity index (χ1n) is 5.84. The van der Waals surface area contributed by atoms with Crippen molar-refractivity contribution >= 4 is 5.91 Å². The lowest BCUT2D eigenvalue weighted by Gasteiger charge is -2.26. The Kier molecular flexibility index (Phi) is 6.37. The number of nitrogens with one attached hydrogen (secondary N) is 2. The molecule has 0 spiro atoms. The molecule has 1 heterocycles. The summed E-state index contributed by atoms with van der Waals surface area (Å²) in [5.74, 6) is 0.0311. The van der Waals surface area contributed by atoms with Gasteiger partial charge in [-0.05, 0) is 19.8 Å². The first-order chi connectivity index (χ1) is 7.74. The number of methoxy groups -OCH3 is 1. The van der Waals surface area contributed by atoms with Gasteiger partial charge in [0, 0.05) is 32.9 Å². The van der Waals surface area contributed by atoms with Gasteiger partial charge >= 0.3 is 0 Å². The fourth-order valence-corrected chi connectivity index (χ4v) is 1.72. The van der Waals surface area contributed by atoms with Crippen LogP contribution in [-0.2, 0) is 14.3 Å². The van der Waals surface area contributed by atoms with E-state index < -0.39 is 0 Å². The molecular weight excluding hydrogens is 208 g/mol. The Bertz CT molecular complexity index is 205. The van der Waals surface area contributed by atoms with Crippen molar-refractivity contribution in [3.63, 3.8) is 0 Å². The quantitative estimate of drug-likeness (QED) is 0.626. The van der Waals surface area contributed by atoms with Crippen LogP contribution in [0.5, 0.6) is 0 Å². The Hall–Kier alpha value is -0.650. The van der Waals surface area contributed by atoms with E-state index in [-0.39, 0.29) is 11.9 Å². The predicted molar refractivity (Wildman–Crippen MR) is 61.3 cm³/mol. The number of carbonyl (C=O) groups excluding carboxylic acids is 1. The van der Waals surface area contributed by atoms with Crippen molar-refractivity contribution in [1.82, 2.24) is 10.6 Å². The van der Waals surface area contributed by atoms with Crippen molar-refractivity contribution < 1.29 is 14.3 Å². The first-order valence-corrected chi connectivity index (χ1v) is 5.84. The molecule has 2 N–H and O–H groups in total. The Morgan fingerprint density at radius 3 is 2.81 bits per heavy atom. The third-order valence-electron chi connectivity index (χ3n) is 2.71. The number of hydrogen-bond acceptors (Lipinski definition) is 4. The average molecular weight is 230 g/mol. The zero-order valence-corrected chi connectivity index (χ0v) is 10.1. The lowest BCUT2D eigenvalue weighted by Crippen LogP contribution is -2.48. The smallest absolute Gasteiger partial charge is 0.236 e. The molecule has 1 unspecified atom stereocenters. The zero-order chi connectivity index (χ0) is 11.8. The molecule has 0 radical (unpaired) electrons. The lowest BCUT2D eigenvalue weighted by atomic mass is 10.1. The highest BCUT2D eigenvalue weighted by Gasteiger charge is 2.19. The van der Waals surface area contributed by atoms with Crippen LogP contribution in [0.1, 0.15) is 19.8 Å². The molecule has 1 amide bonds. The van der Waals surface area contributed by atoms with Gasteiger partial charge in [0.2, 0.25) is 5.91 Å². The molecule has 0 saturated carbocycles. The van der Waals surface area contributed by atoms with E-state index >= 15 is 0 Å².